The van der Waals surface area contributed by atoms with E-state index in [1.54, 1.807) is 0 Å². The summed E-state index contributed by atoms with van der Waals surface area (Å²) in [5.41, 5.74) is 5.59. The van der Waals surface area contributed by atoms with Crippen LogP contribution in [0.1, 0.15) is 20.7 Å². The van der Waals surface area contributed by atoms with E-state index in [1.807, 2.05) is 0 Å². The Balaban J connectivity index is 2.25. The van der Waals surface area contributed by atoms with Crippen LogP contribution < -0.4 is 11.1 Å². The van der Waals surface area contributed by atoms with Crippen molar-refractivity contribution >= 4 is 34.8 Å². The molecule has 0 fully saturated rings. The molecule has 0 atom stereocenters. The number of nitrogens with two attached hydrogens (primary N) is 1. The van der Waals surface area contributed by atoms with Gasteiger partial charge in [-0.1, -0.05) is 11.6 Å². The number of halogens is 1. The molecule has 0 saturated carbocycles. The molecule has 2 rings (SSSR count). The number of nitro groups is 1. The first-order chi connectivity index (χ1) is 10.4. The summed E-state index contributed by atoms with van der Waals surface area (Å²) in [6.45, 7) is 0. The van der Waals surface area contributed by atoms with Gasteiger partial charge in [-0.2, -0.15) is 0 Å². The summed E-state index contributed by atoms with van der Waals surface area (Å²) in [4.78, 5) is 33.4. The highest BCUT2D eigenvalue weighted by Gasteiger charge is 2.14. The van der Waals surface area contributed by atoms with Gasteiger partial charge in [-0.15, -0.1) is 0 Å². The fraction of sp³-hybridized carbons (Fsp3) is 0. The number of primary amides is 1. The number of amides is 2. The minimum atomic E-state index is -0.735. The fourth-order valence-corrected chi connectivity index (χ4v) is 1.93. The normalized spacial score (nSPS) is 10.0. The molecule has 22 heavy (non-hydrogen) atoms. The van der Waals surface area contributed by atoms with Crippen LogP contribution in [0.3, 0.4) is 0 Å². The Kier molecular flexibility index (Phi) is 4.38. The first-order valence-corrected chi connectivity index (χ1v) is 6.41. The molecule has 0 bridgehead atoms. The first-order valence-electron chi connectivity index (χ1n) is 6.03. The highest BCUT2D eigenvalue weighted by Crippen LogP contribution is 2.21. The SMILES string of the molecule is NC(=O)c1cc(Cl)ccc1NC(=O)c1ccc([N+](=O)[O-])cc1. The van der Waals surface area contributed by atoms with Crippen molar-refractivity contribution in [1.29, 1.82) is 0 Å². The van der Waals surface area contributed by atoms with Crippen LogP contribution in [0.2, 0.25) is 5.02 Å². The Morgan fingerprint density at radius 1 is 1.14 bits per heavy atom. The number of nitrogens with zero attached hydrogens (tertiary/aromatic N) is 1. The molecule has 112 valence electrons. The first kappa shape index (κ1) is 15.5. The predicted molar refractivity (Wildman–Crippen MR) is 81.0 cm³/mol. The molecule has 0 aromatic heterocycles. The average molecular weight is 320 g/mol. The minimum Gasteiger partial charge on any atom is -0.366 e. The lowest BCUT2D eigenvalue weighted by molar-refractivity contribution is -0.384. The van der Waals surface area contributed by atoms with Crippen LogP contribution in [0.4, 0.5) is 11.4 Å². The highest BCUT2D eigenvalue weighted by atomic mass is 35.5. The molecular formula is C14H10ClN3O4. The van der Waals surface area contributed by atoms with Crippen molar-refractivity contribution in [2.75, 3.05) is 5.32 Å². The number of hydrogen-bond donors (Lipinski definition) is 2. The minimum absolute atomic E-state index is 0.0720. The van der Waals surface area contributed by atoms with Gasteiger partial charge in [0.2, 0.25) is 0 Å². The van der Waals surface area contributed by atoms with Crippen molar-refractivity contribution in [1.82, 2.24) is 0 Å². The zero-order chi connectivity index (χ0) is 16.3. The molecule has 0 unspecified atom stereocenters. The summed E-state index contributed by atoms with van der Waals surface area (Å²) in [6.07, 6.45) is 0. The molecule has 2 aromatic carbocycles. The van der Waals surface area contributed by atoms with Crippen molar-refractivity contribution in [3.63, 3.8) is 0 Å². The second kappa shape index (κ2) is 6.23. The van der Waals surface area contributed by atoms with Gasteiger partial charge in [0.1, 0.15) is 0 Å². The monoisotopic (exact) mass is 319 g/mol. The maximum atomic E-state index is 12.1. The maximum Gasteiger partial charge on any atom is 0.269 e. The molecule has 3 N–H and O–H groups in total. The molecule has 2 aromatic rings. The smallest absolute Gasteiger partial charge is 0.269 e. The zero-order valence-corrected chi connectivity index (χ0v) is 11.8. The molecule has 0 aliphatic heterocycles. The lowest BCUT2D eigenvalue weighted by atomic mass is 10.1. The topological polar surface area (TPSA) is 115 Å². The van der Waals surface area contributed by atoms with E-state index in [0.29, 0.717) is 5.02 Å². The number of nitro benzene ring substituents is 1. The number of rotatable bonds is 4. The fourth-order valence-electron chi connectivity index (χ4n) is 1.76. The molecule has 2 amide bonds. The molecule has 0 spiro atoms. The number of non-ortho nitro benzene ring substituents is 1. The van der Waals surface area contributed by atoms with Crippen LogP contribution in [-0.4, -0.2) is 16.7 Å². The van der Waals surface area contributed by atoms with Crippen LogP contribution >= 0.6 is 11.6 Å². The van der Waals surface area contributed by atoms with Crippen LogP contribution in [0.15, 0.2) is 42.5 Å². The Morgan fingerprint density at radius 2 is 1.77 bits per heavy atom. The van der Waals surface area contributed by atoms with Gasteiger partial charge < -0.3 is 11.1 Å². The largest absolute Gasteiger partial charge is 0.366 e. The standard InChI is InChI=1S/C14H10ClN3O4/c15-9-3-6-12(11(7-9)13(16)19)17-14(20)8-1-4-10(5-2-8)18(21)22/h1-7H,(H2,16,19)(H,17,20). The van der Waals surface area contributed by atoms with Gasteiger partial charge in [-0.3, -0.25) is 19.7 Å². The second-order valence-electron chi connectivity index (χ2n) is 4.31. The van der Waals surface area contributed by atoms with Gasteiger partial charge in [-0.25, -0.2) is 0 Å². The van der Waals surface area contributed by atoms with Crippen LogP contribution in [0, 0.1) is 10.1 Å². The number of hydrogen-bond acceptors (Lipinski definition) is 4. The molecule has 8 heteroatoms. The molecule has 0 aliphatic carbocycles. The summed E-state index contributed by atoms with van der Waals surface area (Å²) in [5, 5.41) is 13.4. The molecule has 0 aliphatic rings. The summed E-state index contributed by atoms with van der Waals surface area (Å²) in [5.74, 6) is -1.26. The third-order valence-electron chi connectivity index (χ3n) is 2.84. The molecule has 7 nitrogen and oxygen atoms in total. The lowest BCUT2D eigenvalue weighted by Gasteiger charge is -2.09. The molecule has 0 saturated heterocycles. The van der Waals surface area contributed by atoms with Crippen LogP contribution in [0.5, 0.6) is 0 Å². The van der Waals surface area contributed by atoms with E-state index in [1.165, 1.54) is 42.5 Å². The Morgan fingerprint density at radius 3 is 2.32 bits per heavy atom. The van der Waals surface area contributed by atoms with E-state index < -0.39 is 16.7 Å². The summed E-state index contributed by atoms with van der Waals surface area (Å²) < 4.78 is 0. The zero-order valence-electron chi connectivity index (χ0n) is 11.1. The van der Waals surface area contributed by atoms with E-state index in [2.05, 4.69) is 5.32 Å². The van der Waals surface area contributed by atoms with Gasteiger partial charge in [0.15, 0.2) is 0 Å². The Hall–Kier alpha value is -2.93. The van der Waals surface area contributed by atoms with Gasteiger partial charge in [0, 0.05) is 22.7 Å². The van der Waals surface area contributed by atoms with Crippen LogP contribution in [-0.2, 0) is 0 Å². The van der Waals surface area contributed by atoms with E-state index in [4.69, 9.17) is 17.3 Å². The van der Waals surface area contributed by atoms with Crippen molar-refractivity contribution in [2.24, 2.45) is 5.73 Å². The maximum absolute atomic E-state index is 12.1. The van der Waals surface area contributed by atoms with Crippen molar-refractivity contribution in [2.45, 2.75) is 0 Å². The van der Waals surface area contributed by atoms with E-state index in [-0.39, 0.29) is 22.5 Å². The van der Waals surface area contributed by atoms with Crippen molar-refractivity contribution < 1.29 is 14.5 Å². The number of nitrogens with one attached hydrogen (secondary N) is 1. The number of anilines is 1. The average Bonchev–Trinajstić information content (AvgIpc) is 2.48. The number of carbonyl (C=O) groups is 2. The lowest BCUT2D eigenvalue weighted by Crippen LogP contribution is -2.18. The van der Waals surface area contributed by atoms with Crippen molar-refractivity contribution in [3.8, 4) is 0 Å². The van der Waals surface area contributed by atoms with E-state index in [0.717, 1.165) is 0 Å². The third kappa shape index (κ3) is 3.39. The highest BCUT2D eigenvalue weighted by molar-refractivity contribution is 6.31. The Bertz CT molecular complexity index is 759. The quantitative estimate of drug-likeness (QED) is 0.665. The van der Waals surface area contributed by atoms with Crippen LogP contribution in [0.25, 0.3) is 0 Å². The molecular weight excluding hydrogens is 310 g/mol. The third-order valence-corrected chi connectivity index (χ3v) is 3.07. The summed E-state index contributed by atoms with van der Waals surface area (Å²) in [7, 11) is 0. The number of benzene rings is 2. The summed E-state index contributed by atoms with van der Waals surface area (Å²) in [6, 6.07) is 9.35. The summed E-state index contributed by atoms with van der Waals surface area (Å²) >= 11 is 5.78. The van der Waals surface area contributed by atoms with E-state index in [9.17, 15) is 19.7 Å². The predicted octanol–water partition coefficient (Wildman–Crippen LogP) is 2.60. The second-order valence-corrected chi connectivity index (χ2v) is 4.75. The van der Waals surface area contributed by atoms with Crippen molar-refractivity contribution in [3.05, 3.63) is 68.7 Å². The molecule has 0 radical (unpaired) electrons. The van der Waals surface area contributed by atoms with Gasteiger partial charge >= 0.3 is 0 Å². The molecule has 0 heterocycles. The van der Waals surface area contributed by atoms with E-state index >= 15 is 0 Å². The Labute approximate surface area is 129 Å². The van der Waals surface area contributed by atoms with Gasteiger partial charge in [-0.05, 0) is 30.3 Å². The van der Waals surface area contributed by atoms with Gasteiger partial charge in [0.05, 0.1) is 16.2 Å². The number of carbonyl (C=O) groups excluding carboxylic acids is 2. The van der Waals surface area contributed by atoms with Gasteiger partial charge in [0.25, 0.3) is 17.5 Å².